The Morgan fingerprint density at radius 1 is 1.24 bits per heavy atom. The molecule has 2 aliphatic heterocycles. The van der Waals surface area contributed by atoms with Gasteiger partial charge in [-0.3, -0.25) is 24.3 Å². The third-order valence-corrected chi connectivity index (χ3v) is 4.62. The lowest BCUT2D eigenvalue weighted by molar-refractivity contribution is -0.126. The molecule has 2 saturated heterocycles. The number of likely N-dealkylation sites (tertiary alicyclic amines) is 1. The molecule has 0 N–H and O–H groups in total. The number of nitrogens with zero attached hydrogens (tertiary/aromatic N) is 3. The average molecular weight is 305 g/mol. The fourth-order valence-electron chi connectivity index (χ4n) is 2.70. The summed E-state index contributed by atoms with van der Waals surface area (Å²) in [5, 5.41) is -0.158. The Hall–Kier alpha value is -1.89. The highest BCUT2D eigenvalue weighted by Gasteiger charge is 2.38. The molecule has 21 heavy (non-hydrogen) atoms. The highest BCUT2D eigenvalue weighted by Crippen LogP contribution is 2.26. The average Bonchev–Trinajstić information content (AvgIpc) is 2.87. The highest BCUT2D eigenvalue weighted by atomic mass is 32.2. The molecule has 0 bridgehead atoms. The summed E-state index contributed by atoms with van der Waals surface area (Å²) < 4.78 is 0. The van der Waals surface area contributed by atoms with Crippen molar-refractivity contribution < 1.29 is 14.4 Å². The van der Waals surface area contributed by atoms with Crippen LogP contribution < -0.4 is 0 Å². The zero-order valence-corrected chi connectivity index (χ0v) is 12.2. The number of hydrogen-bond acceptors (Lipinski definition) is 5. The molecule has 0 radical (unpaired) electrons. The molecular formula is C14H15N3O3S. The summed E-state index contributed by atoms with van der Waals surface area (Å²) in [7, 11) is 0. The van der Waals surface area contributed by atoms with Crippen molar-refractivity contribution in [2.45, 2.75) is 18.9 Å². The van der Waals surface area contributed by atoms with Crippen molar-refractivity contribution in [3.63, 3.8) is 0 Å². The smallest absolute Gasteiger partial charge is 0.289 e. The fraction of sp³-hybridized carbons (Fsp3) is 0.429. The summed E-state index contributed by atoms with van der Waals surface area (Å²) in [6, 6.07) is 5.17. The first-order chi connectivity index (χ1) is 10.2. The molecular weight excluding hydrogens is 290 g/mol. The summed E-state index contributed by atoms with van der Waals surface area (Å²) >= 11 is 1.06. The van der Waals surface area contributed by atoms with Crippen LogP contribution in [0.4, 0.5) is 4.79 Å². The fourth-order valence-corrected chi connectivity index (χ4v) is 3.47. The SMILES string of the molecule is O=C(c1ccccn1)N1CCC(N2C(=O)CSC2=O)CC1. The van der Waals surface area contributed by atoms with Crippen LogP contribution in [0.25, 0.3) is 0 Å². The maximum Gasteiger partial charge on any atom is 0.289 e. The van der Waals surface area contributed by atoms with Gasteiger partial charge in [0.15, 0.2) is 0 Å². The van der Waals surface area contributed by atoms with Crippen molar-refractivity contribution >= 4 is 28.8 Å². The maximum atomic E-state index is 12.3. The molecule has 0 aliphatic carbocycles. The third kappa shape index (κ3) is 2.78. The van der Waals surface area contributed by atoms with Crippen LogP contribution in [0.1, 0.15) is 23.3 Å². The van der Waals surface area contributed by atoms with E-state index in [0.717, 1.165) is 11.8 Å². The molecule has 2 fully saturated rings. The van der Waals surface area contributed by atoms with Crippen molar-refractivity contribution in [1.82, 2.24) is 14.8 Å². The van der Waals surface area contributed by atoms with Gasteiger partial charge < -0.3 is 4.90 Å². The molecule has 7 heteroatoms. The monoisotopic (exact) mass is 305 g/mol. The number of hydrogen-bond donors (Lipinski definition) is 0. The van der Waals surface area contributed by atoms with Gasteiger partial charge >= 0.3 is 0 Å². The number of amides is 3. The normalized spacial score (nSPS) is 20.2. The van der Waals surface area contributed by atoms with Gasteiger partial charge in [0.25, 0.3) is 11.1 Å². The van der Waals surface area contributed by atoms with Crippen LogP contribution in [0, 0.1) is 0 Å². The van der Waals surface area contributed by atoms with Crippen molar-refractivity contribution in [1.29, 1.82) is 0 Å². The number of piperidine rings is 1. The van der Waals surface area contributed by atoms with E-state index in [-0.39, 0.29) is 28.8 Å². The van der Waals surface area contributed by atoms with Gasteiger partial charge in [0.2, 0.25) is 5.91 Å². The number of carbonyl (C=O) groups excluding carboxylic acids is 3. The van der Waals surface area contributed by atoms with E-state index in [1.807, 2.05) is 0 Å². The third-order valence-electron chi connectivity index (χ3n) is 3.79. The Morgan fingerprint density at radius 3 is 2.57 bits per heavy atom. The van der Waals surface area contributed by atoms with Crippen LogP contribution in [0.3, 0.4) is 0 Å². The molecule has 110 valence electrons. The Morgan fingerprint density at radius 2 is 2.00 bits per heavy atom. The zero-order valence-electron chi connectivity index (χ0n) is 11.4. The lowest BCUT2D eigenvalue weighted by Crippen LogP contribution is -2.48. The lowest BCUT2D eigenvalue weighted by Gasteiger charge is -2.35. The minimum atomic E-state index is -0.158. The number of rotatable bonds is 2. The van der Waals surface area contributed by atoms with E-state index in [1.165, 1.54) is 4.90 Å². The summed E-state index contributed by atoms with van der Waals surface area (Å²) in [5.41, 5.74) is 0.430. The van der Waals surface area contributed by atoms with Crippen LogP contribution in [-0.4, -0.2) is 56.7 Å². The summed E-state index contributed by atoms with van der Waals surface area (Å²) in [6.45, 7) is 1.09. The molecule has 2 aliphatic rings. The van der Waals surface area contributed by atoms with Gasteiger partial charge in [-0.05, 0) is 25.0 Å². The van der Waals surface area contributed by atoms with Crippen molar-refractivity contribution in [2.75, 3.05) is 18.8 Å². The van der Waals surface area contributed by atoms with E-state index >= 15 is 0 Å². The second-order valence-electron chi connectivity index (χ2n) is 5.06. The first-order valence-corrected chi connectivity index (χ1v) is 7.84. The van der Waals surface area contributed by atoms with E-state index < -0.39 is 0 Å². The Bertz CT molecular complexity index is 554. The summed E-state index contributed by atoms with van der Waals surface area (Å²) in [4.78, 5) is 42.8. The van der Waals surface area contributed by atoms with Gasteiger partial charge in [0, 0.05) is 25.3 Å². The Balaban J connectivity index is 1.62. The molecule has 0 saturated carbocycles. The minimum Gasteiger partial charge on any atom is -0.337 e. The van der Waals surface area contributed by atoms with Crippen molar-refractivity contribution in [3.05, 3.63) is 30.1 Å². The van der Waals surface area contributed by atoms with E-state index in [4.69, 9.17) is 0 Å². The molecule has 3 amide bonds. The standard InChI is InChI=1S/C14H15N3O3S/c18-12-9-21-14(20)17(12)10-4-7-16(8-5-10)13(19)11-3-1-2-6-15-11/h1-3,6,10H,4-5,7-9H2. The number of imide groups is 1. The first kappa shape index (κ1) is 14.1. The summed E-state index contributed by atoms with van der Waals surface area (Å²) in [5.74, 6) is 0.0355. The zero-order chi connectivity index (χ0) is 14.8. The molecule has 3 rings (SSSR count). The van der Waals surface area contributed by atoms with Crippen molar-refractivity contribution in [3.8, 4) is 0 Å². The highest BCUT2D eigenvalue weighted by molar-refractivity contribution is 8.14. The molecule has 1 aromatic heterocycles. The molecule has 0 aromatic carbocycles. The quantitative estimate of drug-likeness (QED) is 0.825. The van der Waals surface area contributed by atoms with Gasteiger partial charge in [-0.1, -0.05) is 17.8 Å². The summed E-state index contributed by atoms with van der Waals surface area (Å²) in [6.07, 6.45) is 2.87. The molecule has 0 unspecified atom stereocenters. The van der Waals surface area contributed by atoms with Gasteiger partial charge in [-0.15, -0.1) is 0 Å². The molecule has 0 spiro atoms. The maximum absolute atomic E-state index is 12.3. The van der Waals surface area contributed by atoms with Gasteiger partial charge in [0.1, 0.15) is 5.69 Å². The minimum absolute atomic E-state index is 0.0761. The lowest BCUT2D eigenvalue weighted by atomic mass is 10.0. The molecule has 1 aromatic rings. The number of aromatic nitrogens is 1. The van der Waals surface area contributed by atoms with Crippen LogP contribution in [0.2, 0.25) is 0 Å². The first-order valence-electron chi connectivity index (χ1n) is 6.86. The number of carbonyl (C=O) groups is 3. The molecule has 6 nitrogen and oxygen atoms in total. The van der Waals surface area contributed by atoms with Gasteiger partial charge in [-0.25, -0.2) is 0 Å². The van der Waals surface area contributed by atoms with E-state index in [9.17, 15) is 14.4 Å². The van der Waals surface area contributed by atoms with Crippen molar-refractivity contribution in [2.24, 2.45) is 0 Å². The van der Waals surface area contributed by atoms with Crippen LogP contribution in [0.15, 0.2) is 24.4 Å². The predicted octanol–water partition coefficient (Wildman–Crippen LogP) is 1.38. The predicted molar refractivity (Wildman–Crippen MR) is 77.9 cm³/mol. The molecule has 3 heterocycles. The van der Waals surface area contributed by atoms with Gasteiger partial charge in [0.05, 0.1) is 5.75 Å². The topological polar surface area (TPSA) is 70.6 Å². The molecule has 0 atom stereocenters. The van der Waals surface area contributed by atoms with E-state index in [1.54, 1.807) is 29.3 Å². The Labute approximate surface area is 126 Å². The number of pyridine rings is 1. The second kappa shape index (κ2) is 5.85. The van der Waals surface area contributed by atoms with Crippen LogP contribution >= 0.6 is 11.8 Å². The van der Waals surface area contributed by atoms with E-state index in [0.29, 0.717) is 31.6 Å². The largest absolute Gasteiger partial charge is 0.337 e. The van der Waals surface area contributed by atoms with Crippen LogP contribution in [0.5, 0.6) is 0 Å². The number of thioether (sulfide) groups is 1. The van der Waals surface area contributed by atoms with Gasteiger partial charge in [-0.2, -0.15) is 0 Å². The van der Waals surface area contributed by atoms with E-state index in [2.05, 4.69) is 4.98 Å². The second-order valence-corrected chi connectivity index (χ2v) is 5.98. The van der Waals surface area contributed by atoms with Crippen LogP contribution in [-0.2, 0) is 4.79 Å². The Kier molecular flexibility index (Phi) is 3.92.